The third kappa shape index (κ3) is 6.13. The van der Waals surface area contributed by atoms with Crippen LogP contribution in [0.15, 0.2) is 54.7 Å². The van der Waals surface area contributed by atoms with E-state index in [-0.39, 0.29) is 48.3 Å². The molecule has 4 rings (SSSR count). The minimum absolute atomic E-state index is 0.00718. The van der Waals surface area contributed by atoms with Crippen LogP contribution >= 0.6 is 0 Å². The lowest BCUT2D eigenvalue weighted by Crippen LogP contribution is -2.39. The number of methoxy groups -OCH3 is 1. The van der Waals surface area contributed by atoms with Crippen LogP contribution in [0.2, 0.25) is 0 Å². The van der Waals surface area contributed by atoms with E-state index in [9.17, 15) is 17.6 Å². The highest BCUT2D eigenvalue weighted by molar-refractivity contribution is 7.90. The Kier molecular flexibility index (Phi) is 7.86. The summed E-state index contributed by atoms with van der Waals surface area (Å²) in [5.74, 6) is -1.26. The average Bonchev–Trinajstić information content (AvgIpc) is 2.85. The molecule has 1 aromatic heterocycles. The molecule has 196 valence electrons. The van der Waals surface area contributed by atoms with Crippen LogP contribution < -0.4 is 18.9 Å². The van der Waals surface area contributed by atoms with E-state index >= 15 is 4.39 Å². The van der Waals surface area contributed by atoms with Gasteiger partial charge in [0.25, 0.3) is 16.1 Å². The van der Waals surface area contributed by atoms with Crippen molar-refractivity contribution in [3.8, 4) is 17.4 Å². The zero-order valence-corrected chi connectivity index (χ0v) is 20.7. The number of nitrogens with one attached hydrogen (secondary N) is 2. The Labute approximate surface area is 212 Å². The van der Waals surface area contributed by atoms with Crippen LogP contribution in [-0.2, 0) is 21.5 Å². The van der Waals surface area contributed by atoms with Gasteiger partial charge in [0.1, 0.15) is 11.5 Å². The summed E-state index contributed by atoms with van der Waals surface area (Å²) in [6.45, 7) is 1.71. The molecule has 0 fully saturated rings. The molecule has 0 spiro atoms. The van der Waals surface area contributed by atoms with Crippen molar-refractivity contribution in [2.24, 2.45) is 0 Å². The van der Waals surface area contributed by atoms with Crippen molar-refractivity contribution in [3.05, 3.63) is 77.5 Å². The average molecular weight is 535 g/mol. The molecule has 0 radical (unpaired) electrons. The molecule has 37 heavy (non-hydrogen) atoms. The van der Waals surface area contributed by atoms with Crippen LogP contribution in [0.5, 0.6) is 17.4 Å². The summed E-state index contributed by atoms with van der Waals surface area (Å²) in [6, 6.07) is 11.0. The van der Waals surface area contributed by atoms with Crippen LogP contribution in [0, 0.1) is 11.6 Å². The van der Waals surface area contributed by atoms with Crippen molar-refractivity contribution in [2.75, 3.05) is 25.0 Å². The maximum absolute atomic E-state index is 15.2. The molecule has 0 bridgehead atoms. The Morgan fingerprint density at radius 3 is 2.73 bits per heavy atom. The van der Waals surface area contributed by atoms with Crippen molar-refractivity contribution < 1.29 is 36.2 Å². The van der Waals surface area contributed by atoms with E-state index in [2.05, 4.69) is 14.4 Å². The van der Waals surface area contributed by atoms with Crippen LogP contribution in [0.25, 0.3) is 0 Å². The van der Waals surface area contributed by atoms with E-state index in [1.165, 1.54) is 54.6 Å². The number of benzene rings is 2. The van der Waals surface area contributed by atoms with Crippen LogP contribution in [0.4, 0.5) is 19.3 Å². The summed E-state index contributed by atoms with van der Waals surface area (Å²) in [7, 11) is -2.61. The molecule has 2 N–H and O–H groups in total. The second-order valence-electron chi connectivity index (χ2n) is 8.04. The fourth-order valence-corrected chi connectivity index (χ4v) is 4.54. The SMILES string of the molecule is COCCNS(=O)(=O)Nc1cccc(CN2C(=O)Oc3cc(Oc4ncccc4F)ccc3[C@@H]2C)c1F. The summed E-state index contributed by atoms with van der Waals surface area (Å²) in [5, 5.41) is 0. The normalized spacial score (nSPS) is 15.2. The van der Waals surface area contributed by atoms with Gasteiger partial charge >= 0.3 is 6.09 Å². The largest absolute Gasteiger partial charge is 0.436 e. The van der Waals surface area contributed by atoms with Crippen LogP contribution in [0.1, 0.15) is 24.1 Å². The smallest absolute Gasteiger partial charge is 0.416 e. The number of amides is 1. The molecule has 0 saturated heterocycles. The number of halogens is 2. The van der Waals surface area contributed by atoms with E-state index in [4.69, 9.17) is 14.2 Å². The summed E-state index contributed by atoms with van der Waals surface area (Å²) in [5.41, 5.74) is 0.423. The predicted octanol–water partition coefficient (Wildman–Crippen LogP) is 4.12. The first-order valence-electron chi connectivity index (χ1n) is 11.1. The Morgan fingerprint density at radius 2 is 1.97 bits per heavy atom. The van der Waals surface area contributed by atoms with Crippen molar-refractivity contribution in [1.29, 1.82) is 0 Å². The Morgan fingerprint density at radius 1 is 1.16 bits per heavy atom. The molecule has 1 aliphatic rings. The van der Waals surface area contributed by atoms with Crippen LogP contribution in [0.3, 0.4) is 0 Å². The predicted molar refractivity (Wildman–Crippen MR) is 130 cm³/mol. The molecule has 2 aromatic carbocycles. The number of pyridine rings is 1. The Bertz CT molecular complexity index is 1410. The minimum Gasteiger partial charge on any atom is -0.436 e. The number of ether oxygens (including phenoxy) is 3. The first-order chi connectivity index (χ1) is 17.7. The second-order valence-corrected chi connectivity index (χ2v) is 9.53. The van der Waals surface area contributed by atoms with Crippen molar-refractivity contribution in [2.45, 2.75) is 19.5 Å². The van der Waals surface area contributed by atoms with E-state index in [0.29, 0.717) is 5.56 Å². The van der Waals surface area contributed by atoms with Gasteiger partial charge in [-0.3, -0.25) is 9.62 Å². The number of carbonyl (C=O) groups is 1. The van der Waals surface area contributed by atoms with Gasteiger partial charge in [0.15, 0.2) is 11.6 Å². The lowest BCUT2D eigenvalue weighted by atomic mass is 10.0. The lowest BCUT2D eigenvalue weighted by Gasteiger charge is -2.34. The molecular weight excluding hydrogens is 510 g/mol. The van der Waals surface area contributed by atoms with Gasteiger partial charge < -0.3 is 14.2 Å². The van der Waals surface area contributed by atoms with E-state index < -0.39 is 34.0 Å². The summed E-state index contributed by atoms with van der Waals surface area (Å²) < 4.78 is 73.4. The number of fused-ring (bicyclic) bond motifs is 1. The number of rotatable bonds is 10. The van der Waals surface area contributed by atoms with Gasteiger partial charge in [-0.2, -0.15) is 13.1 Å². The maximum atomic E-state index is 15.2. The molecule has 0 aliphatic carbocycles. The fraction of sp³-hybridized carbons (Fsp3) is 0.250. The van der Waals surface area contributed by atoms with E-state index in [1.54, 1.807) is 19.1 Å². The number of hydrogen-bond donors (Lipinski definition) is 2. The van der Waals surface area contributed by atoms with Gasteiger partial charge in [-0.25, -0.2) is 18.6 Å². The van der Waals surface area contributed by atoms with Gasteiger partial charge in [-0.05, 0) is 37.3 Å². The highest BCUT2D eigenvalue weighted by atomic mass is 32.2. The zero-order chi connectivity index (χ0) is 26.6. The molecule has 1 atom stereocenters. The van der Waals surface area contributed by atoms with Crippen molar-refractivity contribution >= 4 is 22.0 Å². The van der Waals surface area contributed by atoms with Crippen molar-refractivity contribution in [1.82, 2.24) is 14.6 Å². The molecule has 0 unspecified atom stereocenters. The number of carbonyl (C=O) groups excluding carboxylic acids is 1. The third-order valence-corrected chi connectivity index (χ3v) is 6.61. The van der Waals surface area contributed by atoms with Gasteiger partial charge in [0.2, 0.25) is 0 Å². The van der Waals surface area contributed by atoms with Gasteiger partial charge in [-0.15, -0.1) is 0 Å². The number of aromatic nitrogens is 1. The van der Waals surface area contributed by atoms with Crippen molar-refractivity contribution in [3.63, 3.8) is 0 Å². The highest BCUT2D eigenvalue weighted by Crippen LogP contribution is 2.39. The highest BCUT2D eigenvalue weighted by Gasteiger charge is 2.33. The summed E-state index contributed by atoms with van der Waals surface area (Å²) in [4.78, 5) is 17.9. The first-order valence-corrected chi connectivity index (χ1v) is 12.6. The Hall–Kier alpha value is -3.81. The van der Waals surface area contributed by atoms with Gasteiger partial charge in [0.05, 0.1) is 24.9 Å². The topological polar surface area (TPSA) is 119 Å². The molecule has 3 aromatic rings. The standard InChI is InChI=1S/C24H24F2N4O6S/c1-15-18-9-8-17(35-23-19(25)6-4-10-27-23)13-21(18)36-24(31)30(15)14-16-5-3-7-20(22(16)26)29-37(32,33)28-11-12-34-2/h3-10,13,15,28-29H,11-12,14H2,1-2H3/t15-/m0/s1. The van der Waals surface area contributed by atoms with Gasteiger partial charge in [0, 0.05) is 37.0 Å². The Balaban J connectivity index is 1.51. The van der Waals surface area contributed by atoms with E-state index in [0.717, 1.165) is 0 Å². The molecule has 10 nitrogen and oxygen atoms in total. The molecule has 13 heteroatoms. The van der Waals surface area contributed by atoms with E-state index in [1.807, 2.05) is 0 Å². The fourth-order valence-electron chi connectivity index (χ4n) is 3.67. The number of anilines is 1. The molecule has 0 saturated carbocycles. The monoisotopic (exact) mass is 534 g/mol. The summed E-state index contributed by atoms with van der Waals surface area (Å²) in [6.07, 6.45) is 0.640. The number of hydrogen-bond acceptors (Lipinski definition) is 7. The number of nitrogens with zero attached hydrogens (tertiary/aromatic N) is 2. The molecule has 1 aliphatic heterocycles. The second kappa shape index (κ2) is 11.1. The molecular formula is C24H24F2N4O6S. The molecule has 2 heterocycles. The summed E-state index contributed by atoms with van der Waals surface area (Å²) >= 11 is 0. The minimum atomic E-state index is -4.04. The third-order valence-electron chi connectivity index (χ3n) is 5.54. The van der Waals surface area contributed by atoms with Crippen LogP contribution in [-0.4, -0.2) is 44.7 Å². The quantitative estimate of drug-likeness (QED) is 0.376. The molecule has 1 amide bonds. The maximum Gasteiger partial charge on any atom is 0.416 e. The lowest BCUT2D eigenvalue weighted by molar-refractivity contribution is 0.116. The zero-order valence-electron chi connectivity index (χ0n) is 19.9. The van der Waals surface area contributed by atoms with Gasteiger partial charge in [-0.1, -0.05) is 12.1 Å². The first kappa shape index (κ1) is 26.3.